The van der Waals surface area contributed by atoms with E-state index in [-0.39, 0.29) is 11.9 Å². The monoisotopic (exact) mass is 261 g/mol. The minimum absolute atomic E-state index is 0.114. The predicted octanol–water partition coefficient (Wildman–Crippen LogP) is 2.52. The average molecular weight is 261 g/mol. The fourth-order valence-electron chi connectivity index (χ4n) is 1.65. The van der Waals surface area contributed by atoms with E-state index in [0.717, 1.165) is 10.6 Å². The van der Waals surface area contributed by atoms with E-state index in [1.54, 1.807) is 18.3 Å². The molecule has 2 aromatic rings. The number of carbonyl (C=O) groups excluding carboxylic acids is 1. The van der Waals surface area contributed by atoms with E-state index in [0.29, 0.717) is 11.3 Å². The molecular formula is C13H15N3OS. The molecule has 1 amide bonds. The Morgan fingerprint density at radius 3 is 2.94 bits per heavy atom. The maximum atomic E-state index is 12.1. The molecule has 0 saturated heterocycles. The largest absolute Gasteiger partial charge is 0.398 e. The Labute approximate surface area is 110 Å². The summed E-state index contributed by atoms with van der Waals surface area (Å²) in [5.74, 6) is -0.168. The van der Waals surface area contributed by atoms with Crippen LogP contribution in [0.2, 0.25) is 0 Å². The van der Waals surface area contributed by atoms with Gasteiger partial charge < -0.3 is 11.1 Å². The summed E-state index contributed by atoms with van der Waals surface area (Å²) in [4.78, 5) is 16.3. The Bertz CT molecular complexity index is 551. The van der Waals surface area contributed by atoms with Gasteiger partial charge in [-0.3, -0.25) is 4.79 Å². The Balaban J connectivity index is 2.15. The molecule has 1 aromatic carbocycles. The molecule has 4 nitrogen and oxygen atoms in total. The van der Waals surface area contributed by atoms with Crippen LogP contribution in [0.1, 0.15) is 33.9 Å². The van der Waals surface area contributed by atoms with Crippen LogP contribution in [0.3, 0.4) is 0 Å². The fourth-order valence-corrected chi connectivity index (χ4v) is 2.30. The number of amides is 1. The van der Waals surface area contributed by atoms with E-state index in [1.165, 1.54) is 11.3 Å². The second kappa shape index (κ2) is 5.18. The van der Waals surface area contributed by atoms with Crippen molar-refractivity contribution in [2.45, 2.75) is 19.9 Å². The summed E-state index contributed by atoms with van der Waals surface area (Å²) in [6.07, 6.45) is 1.73. The van der Waals surface area contributed by atoms with Crippen molar-refractivity contribution in [1.82, 2.24) is 10.3 Å². The summed E-state index contributed by atoms with van der Waals surface area (Å²) >= 11 is 1.52. The van der Waals surface area contributed by atoms with E-state index in [9.17, 15) is 4.79 Å². The molecule has 0 aliphatic rings. The molecule has 1 unspecified atom stereocenters. The van der Waals surface area contributed by atoms with Gasteiger partial charge in [-0.15, -0.1) is 11.3 Å². The van der Waals surface area contributed by atoms with E-state index in [2.05, 4.69) is 10.3 Å². The fraction of sp³-hybridized carbons (Fsp3) is 0.231. The number of nitrogen functional groups attached to an aromatic ring is 1. The van der Waals surface area contributed by atoms with Gasteiger partial charge in [0.25, 0.3) is 5.91 Å². The van der Waals surface area contributed by atoms with Gasteiger partial charge in [-0.25, -0.2) is 4.98 Å². The van der Waals surface area contributed by atoms with Crippen molar-refractivity contribution in [3.8, 4) is 0 Å². The molecular weight excluding hydrogens is 246 g/mol. The highest BCUT2D eigenvalue weighted by molar-refractivity contribution is 7.09. The Hall–Kier alpha value is -1.88. The first-order chi connectivity index (χ1) is 8.58. The number of hydrogen-bond donors (Lipinski definition) is 2. The summed E-state index contributed by atoms with van der Waals surface area (Å²) in [6.45, 7) is 3.84. The molecule has 18 heavy (non-hydrogen) atoms. The number of nitrogens with one attached hydrogen (secondary N) is 1. The highest BCUT2D eigenvalue weighted by Gasteiger charge is 2.15. The topological polar surface area (TPSA) is 68.0 Å². The van der Waals surface area contributed by atoms with Crippen molar-refractivity contribution in [1.29, 1.82) is 0 Å². The van der Waals surface area contributed by atoms with Crippen LogP contribution >= 0.6 is 11.3 Å². The van der Waals surface area contributed by atoms with Crippen LogP contribution in [0.5, 0.6) is 0 Å². The number of benzene rings is 1. The van der Waals surface area contributed by atoms with Gasteiger partial charge in [0.15, 0.2) is 0 Å². The molecule has 0 radical (unpaired) electrons. The quantitative estimate of drug-likeness (QED) is 0.834. The van der Waals surface area contributed by atoms with Crippen LogP contribution in [-0.2, 0) is 0 Å². The second-order valence-electron chi connectivity index (χ2n) is 4.16. The number of nitrogens with two attached hydrogens (primary N) is 1. The highest BCUT2D eigenvalue weighted by Crippen LogP contribution is 2.18. The molecule has 3 N–H and O–H groups in total. The van der Waals surface area contributed by atoms with Gasteiger partial charge in [0.1, 0.15) is 5.01 Å². The van der Waals surface area contributed by atoms with Crippen molar-refractivity contribution < 1.29 is 4.79 Å². The minimum Gasteiger partial charge on any atom is -0.398 e. The summed E-state index contributed by atoms with van der Waals surface area (Å²) in [7, 11) is 0. The first-order valence-corrected chi connectivity index (χ1v) is 6.52. The lowest BCUT2D eigenvalue weighted by atomic mass is 10.1. The number of nitrogens with zero attached hydrogens (tertiary/aromatic N) is 1. The van der Waals surface area contributed by atoms with E-state index < -0.39 is 0 Å². The number of hydrogen-bond acceptors (Lipinski definition) is 4. The van der Waals surface area contributed by atoms with Crippen LogP contribution in [0, 0.1) is 6.92 Å². The summed E-state index contributed by atoms with van der Waals surface area (Å²) in [5, 5.41) is 5.67. The third-order valence-electron chi connectivity index (χ3n) is 2.62. The van der Waals surface area contributed by atoms with Gasteiger partial charge in [-0.2, -0.15) is 0 Å². The molecule has 0 bridgehead atoms. The lowest BCUT2D eigenvalue weighted by Crippen LogP contribution is -2.27. The number of aryl methyl sites for hydroxylation is 1. The van der Waals surface area contributed by atoms with Gasteiger partial charge in [-0.05, 0) is 26.0 Å². The third kappa shape index (κ3) is 2.68. The Morgan fingerprint density at radius 2 is 2.28 bits per heavy atom. The maximum absolute atomic E-state index is 12.1. The predicted molar refractivity (Wildman–Crippen MR) is 73.6 cm³/mol. The number of thiazole rings is 1. The molecule has 1 heterocycles. The molecule has 1 atom stereocenters. The lowest BCUT2D eigenvalue weighted by Gasteiger charge is -2.12. The van der Waals surface area contributed by atoms with Gasteiger partial charge >= 0.3 is 0 Å². The molecule has 0 spiro atoms. The molecule has 2 rings (SSSR count). The SMILES string of the molecule is Cc1ccc(N)c(C(=O)NC(C)c2nccs2)c1. The molecule has 0 saturated carbocycles. The third-order valence-corrected chi connectivity index (χ3v) is 3.58. The zero-order chi connectivity index (χ0) is 13.1. The van der Waals surface area contributed by atoms with Crippen LogP contribution in [0.25, 0.3) is 0 Å². The van der Waals surface area contributed by atoms with Crippen LogP contribution in [0.15, 0.2) is 29.8 Å². The number of carbonyl (C=O) groups is 1. The van der Waals surface area contributed by atoms with Gasteiger partial charge in [-0.1, -0.05) is 11.6 Å². The van der Waals surface area contributed by atoms with Crippen molar-refractivity contribution in [3.63, 3.8) is 0 Å². The van der Waals surface area contributed by atoms with Gasteiger partial charge in [0.2, 0.25) is 0 Å². The number of rotatable bonds is 3. The molecule has 0 aliphatic heterocycles. The zero-order valence-electron chi connectivity index (χ0n) is 10.3. The van der Waals surface area contributed by atoms with Crippen LogP contribution in [0.4, 0.5) is 5.69 Å². The summed E-state index contributed by atoms with van der Waals surface area (Å²) in [6, 6.07) is 5.31. The summed E-state index contributed by atoms with van der Waals surface area (Å²) in [5.41, 5.74) is 7.82. The maximum Gasteiger partial charge on any atom is 0.253 e. The van der Waals surface area contributed by atoms with E-state index in [1.807, 2.05) is 25.3 Å². The Kier molecular flexibility index (Phi) is 3.62. The Morgan fingerprint density at radius 1 is 1.50 bits per heavy atom. The molecule has 5 heteroatoms. The highest BCUT2D eigenvalue weighted by atomic mass is 32.1. The van der Waals surface area contributed by atoms with E-state index in [4.69, 9.17) is 5.73 Å². The molecule has 1 aromatic heterocycles. The molecule has 0 aliphatic carbocycles. The first-order valence-electron chi connectivity index (χ1n) is 5.64. The molecule has 0 fully saturated rings. The minimum atomic E-state index is -0.168. The van der Waals surface area contributed by atoms with Crippen molar-refractivity contribution in [3.05, 3.63) is 45.9 Å². The van der Waals surface area contributed by atoms with Crippen molar-refractivity contribution >= 4 is 22.9 Å². The van der Waals surface area contributed by atoms with Gasteiger partial charge in [0.05, 0.1) is 11.6 Å². The van der Waals surface area contributed by atoms with Gasteiger partial charge in [0, 0.05) is 17.3 Å². The number of aromatic nitrogens is 1. The second-order valence-corrected chi connectivity index (χ2v) is 5.08. The van der Waals surface area contributed by atoms with Crippen LogP contribution < -0.4 is 11.1 Å². The van der Waals surface area contributed by atoms with E-state index >= 15 is 0 Å². The lowest BCUT2D eigenvalue weighted by molar-refractivity contribution is 0.0940. The smallest absolute Gasteiger partial charge is 0.253 e. The van der Waals surface area contributed by atoms with Crippen molar-refractivity contribution in [2.75, 3.05) is 5.73 Å². The average Bonchev–Trinajstić information content (AvgIpc) is 2.85. The summed E-state index contributed by atoms with van der Waals surface area (Å²) < 4.78 is 0. The molecule has 94 valence electrons. The zero-order valence-corrected chi connectivity index (χ0v) is 11.1. The van der Waals surface area contributed by atoms with Crippen molar-refractivity contribution in [2.24, 2.45) is 0 Å². The standard InChI is InChI=1S/C13H15N3OS/c1-8-3-4-11(14)10(7-8)12(17)16-9(2)13-15-5-6-18-13/h3-7,9H,14H2,1-2H3,(H,16,17). The first kappa shape index (κ1) is 12.6. The number of anilines is 1. The van der Waals surface area contributed by atoms with Crippen LogP contribution in [-0.4, -0.2) is 10.9 Å². The normalized spacial score (nSPS) is 12.1.